The van der Waals surface area contributed by atoms with Crippen molar-refractivity contribution in [2.45, 2.75) is 26.2 Å². The highest BCUT2D eigenvalue weighted by atomic mass is 79.9. The van der Waals surface area contributed by atoms with Crippen molar-refractivity contribution in [3.63, 3.8) is 0 Å². The van der Waals surface area contributed by atoms with Gasteiger partial charge in [-0.25, -0.2) is 9.97 Å². The molecule has 0 saturated heterocycles. The quantitative estimate of drug-likeness (QED) is 0.843. The molecule has 0 atom stereocenters. The second-order valence-electron chi connectivity index (χ2n) is 2.89. The van der Waals surface area contributed by atoms with Gasteiger partial charge in [0.2, 0.25) is 5.91 Å². The van der Waals surface area contributed by atoms with Gasteiger partial charge in [0.15, 0.2) is 4.73 Å². The Kier molecular flexibility index (Phi) is 4.52. The summed E-state index contributed by atoms with van der Waals surface area (Å²) in [6.07, 6.45) is 5.61. The van der Waals surface area contributed by atoms with E-state index in [4.69, 9.17) is 0 Å². The maximum atomic E-state index is 11.3. The fourth-order valence-electron chi connectivity index (χ4n) is 0.938. The van der Waals surface area contributed by atoms with Crippen LogP contribution >= 0.6 is 15.9 Å². The Morgan fingerprint density at radius 2 is 2.14 bits per heavy atom. The monoisotopic (exact) mass is 257 g/mol. The van der Waals surface area contributed by atoms with Gasteiger partial charge in [0.25, 0.3) is 0 Å². The van der Waals surface area contributed by atoms with Crippen LogP contribution in [0.1, 0.15) is 26.2 Å². The van der Waals surface area contributed by atoms with Gasteiger partial charge in [-0.15, -0.1) is 0 Å². The van der Waals surface area contributed by atoms with Crippen LogP contribution in [0.25, 0.3) is 0 Å². The van der Waals surface area contributed by atoms with Gasteiger partial charge in [0.05, 0.1) is 18.1 Å². The van der Waals surface area contributed by atoms with Crippen LogP contribution in [0.4, 0.5) is 5.69 Å². The molecule has 0 saturated carbocycles. The Balaban J connectivity index is 2.44. The lowest BCUT2D eigenvalue weighted by Crippen LogP contribution is -2.11. The van der Waals surface area contributed by atoms with Crippen LogP contribution in [-0.2, 0) is 4.79 Å². The number of anilines is 1. The summed E-state index contributed by atoms with van der Waals surface area (Å²) in [6.45, 7) is 2.05. The minimum absolute atomic E-state index is 0.0118. The van der Waals surface area contributed by atoms with Crippen molar-refractivity contribution in [1.82, 2.24) is 9.97 Å². The molecular formula is C9H12BrN3O. The Morgan fingerprint density at radius 1 is 1.50 bits per heavy atom. The molecule has 0 spiro atoms. The number of nitrogens with one attached hydrogen (secondary N) is 1. The van der Waals surface area contributed by atoms with Gasteiger partial charge in [-0.05, 0) is 22.4 Å². The molecule has 0 aliphatic carbocycles. The third kappa shape index (κ3) is 3.83. The number of rotatable bonds is 4. The summed E-state index contributed by atoms with van der Waals surface area (Å²) in [5.74, 6) is 0.0118. The molecule has 0 aliphatic rings. The number of carbonyl (C=O) groups is 1. The normalized spacial score (nSPS) is 9.86. The molecule has 5 heteroatoms. The van der Waals surface area contributed by atoms with Crippen LogP contribution in [0.15, 0.2) is 17.1 Å². The van der Waals surface area contributed by atoms with E-state index in [2.05, 4.69) is 38.1 Å². The zero-order valence-electron chi connectivity index (χ0n) is 7.96. The van der Waals surface area contributed by atoms with E-state index < -0.39 is 0 Å². The summed E-state index contributed by atoms with van der Waals surface area (Å²) in [7, 11) is 0. The maximum Gasteiger partial charge on any atom is 0.224 e. The molecule has 14 heavy (non-hydrogen) atoms. The van der Waals surface area contributed by atoms with Crippen molar-refractivity contribution in [2.75, 3.05) is 5.32 Å². The summed E-state index contributed by atoms with van der Waals surface area (Å²) in [5.41, 5.74) is 0.634. The number of carbonyl (C=O) groups excluding carboxylic acids is 1. The van der Waals surface area contributed by atoms with E-state index in [9.17, 15) is 4.79 Å². The molecule has 0 radical (unpaired) electrons. The molecule has 1 N–H and O–H groups in total. The number of amides is 1. The number of aromatic nitrogens is 2. The molecule has 1 aromatic rings. The average Bonchev–Trinajstić information content (AvgIpc) is 2.18. The topological polar surface area (TPSA) is 54.9 Å². The molecule has 4 nitrogen and oxygen atoms in total. The lowest BCUT2D eigenvalue weighted by molar-refractivity contribution is -0.116. The molecule has 0 bridgehead atoms. The van der Waals surface area contributed by atoms with E-state index in [1.807, 2.05) is 0 Å². The molecule has 1 heterocycles. The number of halogens is 1. The van der Waals surface area contributed by atoms with E-state index in [0.717, 1.165) is 12.8 Å². The summed E-state index contributed by atoms with van der Waals surface area (Å²) in [4.78, 5) is 19.1. The maximum absolute atomic E-state index is 11.3. The van der Waals surface area contributed by atoms with Crippen LogP contribution in [-0.4, -0.2) is 15.9 Å². The third-order valence-electron chi connectivity index (χ3n) is 1.66. The molecule has 0 aliphatic heterocycles. The van der Waals surface area contributed by atoms with Crippen molar-refractivity contribution in [3.05, 3.63) is 17.1 Å². The highest BCUT2D eigenvalue weighted by Gasteiger charge is 2.01. The van der Waals surface area contributed by atoms with E-state index in [0.29, 0.717) is 16.8 Å². The number of nitrogens with zero attached hydrogens (tertiary/aromatic N) is 2. The molecule has 1 rings (SSSR count). The van der Waals surface area contributed by atoms with Gasteiger partial charge in [-0.2, -0.15) is 0 Å². The Bertz CT molecular complexity index is 299. The van der Waals surface area contributed by atoms with Crippen molar-refractivity contribution in [3.8, 4) is 0 Å². The number of hydrogen-bond donors (Lipinski definition) is 1. The molecule has 0 fully saturated rings. The number of unbranched alkanes of at least 4 members (excludes halogenated alkanes) is 1. The van der Waals surface area contributed by atoms with Crippen molar-refractivity contribution in [2.24, 2.45) is 0 Å². The summed E-state index contributed by atoms with van der Waals surface area (Å²) < 4.78 is 0.518. The van der Waals surface area contributed by atoms with Gasteiger partial charge in [0.1, 0.15) is 0 Å². The van der Waals surface area contributed by atoms with Gasteiger partial charge in [-0.1, -0.05) is 13.3 Å². The Hall–Kier alpha value is -0.970. The second-order valence-corrected chi connectivity index (χ2v) is 3.60. The van der Waals surface area contributed by atoms with Crippen molar-refractivity contribution < 1.29 is 4.79 Å². The van der Waals surface area contributed by atoms with Crippen LogP contribution in [0, 0.1) is 0 Å². The fraction of sp³-hybridized carbons (Fsp3) is 0.444. The van der Waals surface area contributed by atoms with Crippen LogP contribution in [0.5, 0.6) is 0 Å². The Labute approximate surface area is 91.3 Å². The zero-order valence-corrected chi connectivity index (χ0v) is 9.54. The van der Waals surface area contributed by atoms with E-state index in [1.54, 1.807) is 12.4 Å². The first kappa shape index (κ1) is 11.1. The highest BCUT2D eigenvalue weighted by Crippen LogP contribution is 2.07. The van der Waals surface area contributed by atoms with E-state index in [1.165, 1.54) is 0 Å². The summed E-state index contributed by atoms with van der Waals surface area (Å²) in [6, 6.07) is 0. The van der Waals surface area contributed by atoms with Crippen LogP contribution in [0.2, 0.25) is 0 Å². The minimum atomic E-state index is 0.0118. The van der Waals surface area contributed by atoms with Gasteiger partial charge in [0, 0.05) is 6.42 Å². The summed E-state index contributed by atoms with van der Waals surface area (Å²) in [5, 5.41) is 2.72. The molecular weight excluding hydrogens is 246 g/mol. The average molecular weight is 258 g/mol. The Morgan fingerprint density at radius 3 is 2.71 bits per heavy atom. The van der Waals surface area contributed by atoms with E-state index in [-0.39, 0.29) is 5.91 Å². The first-order valence-corrected chi connectivity index (χ1v) is 5.29. The van der Waals surface area contributed by atoms with Crippen LogP contribution < -0.4 is 5.32 Å². The standard InChI is InChI=1S/C9H12BrN3O/c1-2-3-4-8(14)13-7-5-11-9(10)12-6-7/h5-6H,2-4H2,1H3,(H,13,14). The van der Waals surface area contributed by atoms with Gasteiger partial charge < -0.3 is 5.32 Å². The van der Waals surface area contributed by atoms with Gasteiger partial charge >= 0.3 is 0 Å². The van der Waals surface area contributed by atoms with Gasteiger partial charge in [-0.3, -0.25) is 4.79 Å². The first-order valence-electron chi connectivity index (χ1n) is 4.49. The fourth-order valence-corrected chi connectivity index (χ4v) is 1.14. The molecule has 76 valence electrons. The van der Waals surface area contributed by atoms with Crippen LogP contribution in [0.3, 0.4) is 0 Å². The number of hydrogen-bond acceptors (Lipinski definition) is 3. The zero-order chi connectivity index (χ0) is 10.4. The van der Waals surface area contributed by atoms with E-state index >= 15 is 0 Å². The first-order chi connectivity index (χ1) is 6.72. The largest absolute Gasteiger partial charge is 0.323 e. The highest BCUT2D eigenvalue weighted by molar-refractivity contribution is 9.10. The predicted molar refractivity (Wildman–Crippen MR) is 57.9 cm³/mol. The molecule has 1 amide bonds. The smallest absolute Gasteiger partial charge is 0.224 e. The lowest BCUT2D eigenvalue weighted by atomic mass is 10.2. The minimum Gasteiger partial charge on any atom is -0.323 e. The van der Waals surface area contributed by atoms with Crippen molar-refractivity contribution >= 4 is 27.5 Å². The molecule has 0 aromatic carbocycles. The SMILES string of the molecule is CCCCC(=O)Nc1cnc(Br)nc1. The summed E-state index contributed by atoms with van der Waals surface area (Å²) >= 11 is 3.12. The van der Waals surface area contributed by atoms with Crippen molar-refractivity contribution in [1.29, 1.82) is 0 Å². The predicted octanol–water partition coefficient (Wildman–Crippen LogP) is 2.37. The lowest BCUT2D eigenvalue weighted by Gasteiger charge is -2.02. The molecule has 1 aromatic heterocycles. The molecule has 0 unspecified atom stereocenters. The second kappa shape index (κ2) is 5.70. The third-order valence-corrected chi connectivity index (χ3v) is 2.07.